The number of hydrogen-bond acceptors (Lipinski definition) is 5. The van der Waals surface area contributed by atoms with Gasteiger partial charge in [0.2, 0.25) is 5.13 Å². The first kappa shape index (κ1) is 9.02. The first-order valence-electron chi connectivity index (χ1n) is 4.27. The minimum absolute atomic E-state index is 0.558. The molecule has 1 aromatic rings. The number of hydrogen-bond donors (Lipinski definition) is 1. The molecule has 5 heteroatoms. The Kier molecular flexibility index (Phi) is 2.85. The van der Waals surface area contributed by atoms with Gasteiger partial charge in [0.05, 0.1) is 0 Å². The number of nitrogens with zero attached hydrogens (tertiary/aromatic N) is 2. The highest BCUT2D eigenvalue weighted by atomic mass is 32.2. The molecule has 0 aliphatic heterocycles. The van der Waals surface area contributed by atoms with Crippen molar-refractivity contribution in [1.82, 2.24) is 10.2 Å². The Morgan fingerprint density at radius 1 is 1.54 bits per heavy atom. The van der Waals surface area contributed by atoms with Crippen LogP contribution in [0.1, 0.15) is 19.3 Å². The molecule has 2 rings (SSSR count). The van der Waals surface area contributed by atoms with Crippen molar-refractivity contribution in [3.63, 3.8) is 0 Å². The summed E-state index contributed by atoms with van der Waals surface area (Å²) in [5, 5.41) is 8.89. The van der Waals surface area contributed by atoms with E-state index in [1.165, 1.54) is 30.6 Å². The molecule has 1 heterocycles. The quantitative estimate of drug-likeness (QED) is 0.766. The van der Waals surface area contributed by atoms with Crippen molar-refractivity contribution in [2.75, 3.05) is 5.73 Å². The van der Waals surface area contributed by atoms with Crippen LogP contribution in [0, 0.1) is 0 Å². The largest absolute Gasteiger partial charge is 0.374 e. The summed E-state index contributed by atoms with van der Waals surface area (Å²) in [7, 11) is 0. The minimum atomic E-state index is 0.558. The first-order chi connectivity index (χ1) is 6.34. The molecule has 70 valence electrons. The van der Waals surface area contributed by atoms with Gasteiger partial charge in [0.15, 0.2) is 4.34 Å². The SMILES string of the molecule is Nc1nnc(SC2C=CCCC2)s1. The van der Waals surface area contributed by atoms with Gasteiger partial charge >= 0.3 is 0 Å². The van der Waals surface area contributed by atoms with E-state index in [4.69, 9.17) is 5.73 Å². The van der Waals surface area contributed by atoms with Crippen LogP contribution in [0.4, 0.5) is 5.13 Å². The molecule has 1 unspecified atom stereocenters. The van der Waals surface area contributed by atoms with E-state index in [2.05, 4.69) is 22.3 Å². The molecule has 0 spiro atoms. The van der Waals surface area contributed by atoms with Crippen LogP contribution >= 0.6 is 23.1 Å². The van der Waals surface area contributed by atoms with E-state index >= 15 is 0 Å². The van der Waals surface area contributed by atoms with E-state index in [9.17, 15) is 0 Å². The van der Waals surface area contributed by atoms with Crippen LogP contribution in [0.15, 0.2) is 16.5 Å². The summed E-state index contributed by atoms with van der Waals surface area (Å²) in [5.41, 5.74) is 5.50. The van der Waals surface area contributed by atoms with Gasteiger partial charge < -0.3 is 5.73 Å². The molecule has 0 bridgehead atoms. The zero-order valence-electron chi connectivity index (χ0n) is 7.14. The summed E-state index contributed by atoms with van der Waals surface area (Å²) >= 11 is 3.23. The Balaban J connectivity index is 1.97. The standard InChI is InChI=1S/C8H11N3S2/c9-7-10-11-8(13-7)12-6-4-2-1-3-5-6/h2,4,6H,1,3,5H2,(H2,9,10). The maximum atomic E-state index is 5.50. The van der Waals surface area contributed by atoms with Gasteiger partial charge in [-0.25, -0.2) is 0 Å². The number of nitrogen functional groups attached to an aromatic ring is 1. The van der Waals surface area contributed by atoms with Gasteiger partial charge in [-0.3, -0.25) is 0 Å². The molecule has 1 aliphatic carbocycles. The first-order valence-corrected chi connectivity index (χ1v) is 5.96. The zero-order chi connectivity index (χ0) is 9.10. The van der Waals surface area contributed by atoms with Gasteiger partial charge in [-0.15, -0.1) is 10.2 Å². The van der Waals surface area contributed by atoms with Crippen molar-refractivity contribution in [2.24, 2.45) is 0 Å². The average molecular weight is 213 g/mol. The molecule has 0 radical (unpaired) electrons. The van der Waals surface area contributed by atoms with Crippen molar-refractivity contribution in [1.29, 1.82) is 0 Å². The van der Waals surface area contributed by atoms with E-state index < -0.39 is 0 Å². The highest BCUT2D eigenvalue weighted by Crippen LogP contribution is 2.32. The molecule has 0 fully saturated rings. The Bertz CT molecular complexity index is 308. The molecule has 13 heavy (non-hydrogen) atoms. The van der Waals surface area contributed by atoms with Gasteiger partial charge in [0.25, 0.3) is 0 Å². The summed E-state index contributed by atoms with van der Waals surface area (Å²) in [6.45, 7) is 0. The highest BCUT2D eigenvalue weighted by Gasteiger charge is 2.12. The Hall–Kier alpha value is -0.550. The lowest BCUT2D eigenvalue weighted by Crippen LogP contribution is -2.01. The number of thioether (sulfide) groups is 1. The van der Waals surface area contributed by atoms with E-state index in [0.29, 0.717) is 10.4 Å². The molecule has 3 nitrogen and oxygen atoms in total. The Morgan fingerprint density at radius 2 is 2.46 bits per heavy atom. The van der Waals surface area contributed by atoms with Crippen LogP contribution in [-0.4, -0.2) is 15.4 Å². The zero-order valence-corrected chi connectivity index (χ0v) is 8.77. The third kappa shape index (κ3) is 2.45. The third-order valence-electron chi connectivity index (χ3n) is 1.88. The molecule has 2 N–H and O–H groups in total. The summed E-state index contributed by atoms with van der Waals surface area (Å²) in [5.74, 6) is 0. The fourth-order valence-corrected chi connectivity index (χ4v) is 3.26. The monoisotopic (exact) mass is 213 g/mol. The van der Waals surface area contributed by atoms with Crippen molar-refractivity contribution in [3.8, 4) is 0 Å². The number of rotatable bonds is 2. The van der Waals surface area contributed by atoms with Crippen LogP contribution in [0.5, 0.6) is 0 Å². The lowest BCUT2D eigenvalue weighted by atomic mass is 10.1. The summed E-state index contributed by atoms with van der Waals surface area (Å²) in [6, 6.07) is 0. The molecule has 1 aliphatic rings. The molecular formula is C8H11N3S2. The van der Waals surface area contributed by atoms with Crippen molar-refractivity contribution in [3.05, 3.63) is 12.2 Å². The van der Waals surface area contributed by atoms with Crippen LogP contribution in [-0.2, 0) is 0 Å². The lowest BCUT2D eigenvalue weighted by Gasteiger charge is -2.13. The second-order valence-electron chi connectivity index (χ2n) is 2.92. The maximum absolute atomic E-state index is 5.50. The van der Waals surface area contributed by atoms with E-state index in [0.717, 1.165) is 4.34 Å². The van der Waals surface area contributed by atoms with Crippen LogP contribution in [0.2, 0.25) is 0 Å². The van der Waals surface area contributed by atoms with Gasteiger partial charge in [-0.05, 0) is 19.3 Å². The van der Waals surface area contributed by atoms with Crippen LogP contribution < -0.4 is 5.73 Å². The summed E-state index contributed by atoms with van der Waals surface area (Å²) < 4.78 is 0.981. The summed E-state index contributed by atoms with van der Waals surface area (Å²) in [6.07, 6.45) is 8.23. The second-order valence-corrected chi connectivity index (χ2v) is 5.42. The topological polar surface area (TPSA) is 51.8 Å². The number of anilines is 1. The predicted molar refractivity (Wildman–Crippen MR) is 57.0 cm³/mol. The average Bonchev–Trinajstić information content (AvgIpc) is 2.53. The predicted octanol–water partition coefficient (Wildman–Crippen LogP) is 2.32. The van der Waals surface area contributed by atoms with E-state index in [1.807, 2.05) is 0 Å². The lowest BCUT2D eigenvalue weighted by molar-refractivity contribution is 0.740. The number of allylic oxidation sites excluding steroid dienone is 1. The van der Waals surface area contributed by atoms with Crippen molar-refractivity contribution in [2.45, 2.75) is 28.9 Å². The summed E-state index contributed by atoms with van der Waals surface area (Å²) in [4.78, 5) is 0. The fraction of sp³-hybridized carbons (Fsp3) is 0.500. The van der Waals surface area contributed by atoms with Gasteiger partial charge in [-0.1, -0.05) is 35.3 Å². The molecule has 0 saturated carbocycles. The molecule has 0 amide bonds. The van der Waals surface area contributed by atoms with Crippen LogP contribution in [0.25, 0.3) is 0 Å². The van der Waals surface area contributed by atoms with E-state index in [1.54, 1.807) is 11.8 Å². The molecule has 0 aromatic carbocycles. The molecule has 1 atom stereocenters. The van der Waals surface area contributed by atoms with Crippen LogP contribution in [0.3, 0.4) is 0 Å². The fourth-order valence-electron chi connectivity index (χ4n) is 1.28. The Morgan fingerprint density at radius 3 is 3.08 bits per heavy atom. The van der Waals surface area contributed by atoms with Gasteiger partial charge in [0.1, 0.15) is 0 Å². The Labute approximate surface area is 85.4 Å². The third-order valence-corrected chi connectivity index (χ3v) is 3.95. The minimum Gasteiger partial charge on any atom is -0.374 e. The number of nitrogens with two attached hydrogens (primary N) is 1. The number of aromatic nitrogens is 2. The van der Waals surface area contributed by atoms with Gasteiger partial charge in [0, 0.05) is 5.25 Å². The van der Waals surface area contributed by atoms with Crippen molar-refractivity contribution >= 4 is 28.2 Å². The van der Waals surface area contributed by atoms with Gasteiger partial charge in [-0.2, -0.15) is 0 Å². The van der Waals surface area contributed by atoms with Crippen molar-refractivity contribution < 1.29 is 0 Å². The smallest absolute Gasteiger partial charge is 0.203 e. The van der Waals surface area contributed by atoms with E-state index in [-0.39, 0.29) is 0 Å². The maximum Gasteiger partial charge on any atom is 0.203 e. The molecule has 1 aromatic heterocycles. The highest BCUT2D eigenvalue weighted by molar-refractivity contribution is 8.01. The second kappa shape index (κ2) is 4.11. The normalized spacial score (nSPS) is 22.0. The molecule has 0 saturated heterocycles. The molecular weight excluding hydrogens is 202 g/mol.